The lowest BCUT2D eigenvalue weighted by Gasteiger charge is -2.24. The van der Waals surface area contributed by atoms with Gasteiger partial charge in [0.2, 0.25) is 0 Å². The molecule has 0 bridgehead atoms. The number of hydrogen-bond donors (Lipinski definition) is 1. The Morgan fingerprint density at radius 1 is 1.06 bits per heavy atom. The number of unbranched alkanes of at least 4 members (excludes halogenated alkanes) is 1. The second-order valence-electron chi connectivity index (χ2n) is 8.00. The van der Waals surface area contributed by atoms with E-state index >= 15 is 0 Å². The topological polar surface area (TPSA) is 62.6 Å². The average molecular weight is 479 g/mol. The first-order valence-electron chi connectivity index (χ1n) is 11.2. The quantitative estimate of drug-likeness (QED) is 0.330. The molecular weight excluding hydrogens is 451 g/mol. The Balaban J connectivity index is 2.03. The van der Waals surface area contributed by atoms with Gasteiger partial charge in [0.25, 0.3) is 5.91 Å². The molecule has 1 amide bonds. The van der Waals surface area contributed by atoms with Crippen molar-refractivity contribution in [2.45, 2.75) is 19.8 Å². The summed E-state index contributed by atoms with van der Waals surface area (Å²) in [5.41, 5.74) is 4.05. The zero-order chi connectivity index (χ0) is 24.2. The van der Waals surface area contributed by atoms with E-state index in [-0.39, 0.29) is 11.7 Å². The van der Waals surface area contributed by atoms with Gasteiger partial charge in [-0.05, 0) is 42.3 Å². The molecule has 5 nitrogen and oxygen atoms in total. The fourth-order valence-corrected chi connectivity index (χ4v) is 4.85. The van der Waals surface area contributed by atoms with Gasteiger partial charge in [-0.1, -0.05) is 43.7 Å². The maximum atomic E-state index is 13.5. The lowest BCUT2D eigenvalue weighted by molar-refractivity contribution is 0.0964. The van der Waals surface area contributed by atoms with E-state index in [2.05, 4.69) is 12.2 Å². The summed E-state index contributed by atoms with van der Waals surface area (Å²) in [6.07, 6.45) is 3.51. The standard InChI is InChI=1S/C27H27FN2O3S/c1-4-5-15-30(34(3)32)23-17-24-22(16-21(23)18-9-7-6-8-10-18)25(27(31)29-2)26(33-24)19-11-13-20(28)14-12-19/h6-14,16-17H,4-5,15H2,1-3H3,(H,29,31). The molecule has 1 unspecified atom stereocenters. The first-order valence-corrected chi connectivity index (χ1v) is 12.7. The van der Waals surface area contributed by atoms with Gasteiger partial charge in [-0.3, -0.25) is 9.10 Å². The lowest BCUT2D eigenvalue weighted by Crippen LogP contribution is -2.26. The van der Waals surface area contributed by atoms with Crippen molar-refractivity contribution in [3.05, 3.63) is 78.1 Å². The van der Waals surface area contributed by atoms with Crippen LogP contribution >= 0.6 is 0 Å². The number of hydrogen-bond acceptors (Lipinski definition) is 3. The third kappa shape index (κ3) is 4.61. The second kappa shape index (κ2) is 10.2. The number of nitrogens with one attached hydrogen (secondary N) is 1. The summed E-state index contributed by atoms with van der Waals surface area (Å²) in [6.45, 7) is 2.72. The van der Waals surface area contributed by atoms with Gasteiger partial charge < -0.3 is 9.73 Å². The van der Waals surface area contributed by atoms with Gasteiger partial charge in [0, 0.05) is 42.4 Å². The minimum Gasteiger partial charge on any atom is -0.455 e. The van der Waals surface area contributed by atoms with E-state index in [4.69, 9.17) is 4.42 Å². The normalized spacial score (nSPS) is 12.0. The molecule has 0 radical (unpaired) electrons. The molecule has 1 atom stereocenters. The maximum Gasteiger partial charge on any atom is 0.255 e. The number of fused-ring (bicyclic) bond motifs is 1. The lowest BCUT2D eigenvalue weighted by atomic mass is 9.98. The molecule has 4 aromatic rings. The molecule has 7 heteroatoms. The fraction of sp³-hybridized carbons (Fsp3) is 0.222. The smallest absolute Gasteiger partial charge is 0.255 e. The third-order valence-electron chi connectivity index (χ3n) is 5.75. The van der Waals surface area contributed by atoms with E-state index in [9.17, 15) is 13.4 Å². The van der Waals surface area contributed by atoms with Crippen LogP contribution in [0.25, 0.3) is 33.4 Å². The summed E-state index contributed by atoms with van der Waals surface area (Å²) in [6, 6.07) is 19.4. The van der Waals surface area contributed by atoms with Crippen LogP contribution in [0.5, 0.6) is 0 Å². The van der Waals surface area contributed by atoms with Crippen molar-refractivity contribution in [2.75, 3.05) is 24.2 Å². The number of amides is 1. The summed E-state index contributed by atoms with van der Waals surface area (Å²) >= 11 is 0. The molecule has 1 N–H and O–H groups in total. The fourth-order valence-electron chi connectivity index (χ4n) is 4.03. The van der Waals surface area contributed by atoms with Crippen LogP contribution in [0.2, 0.25) is 0 Å². The van der Waals surface area contributed by atoms with Gasteiger partial charge in [0.1, 0.15) is 28.1 Å². The number of benzene rings is 3. The van der Waals surface area contributed by atoms with Crippen molar-refractivity contribution in [1.82, 2.24) is 5.32 Å². The van der Waals surface area contributed by atoms with E-state index in [0.717, 1.165) is 29.7 Å². The highest BCUT2D eigenvalue weighted by Crippen LogP contribution is 2.41. The summed E-state index contributed by atoms with van der Waals surface area (Å²) in [4.78, 5) is 13.0. The summed E-state index contributed by atoms with van der Waals surface area (Å²) in [5, 5.41) is 3.33. The predicted molar refractivity (Wildman–Crippen MR) is 137 cm³/mol. The Kier molecular flexibility index (Phi) is 7.12. The minimum absolute atomic E-state index is 0.299. The van der Waals surface area contributed by atoms with Crippen LogP contribution in [0, 0.1) is 5.82 Å². The molecule has 0 aliphatic rings. The second-order valence-corrected chi connectivity index (χ2v) is 9.29. The Bertz CT molecular complexity index is 1330. The van der Waals surface area contributed by atoms with Crippen LogP contribution in [0.15, 0.2) is 71.1 Å². The van der Waals surface area contributed by atoms with Crippen LogP contribution in [0.3, 0.4) is 0 Å². The van der Waals surface area contributed by atoms with Crippen molar-refractivity contribution in [1.29, 1.82) is 0 Å². The number of carbonyl (C=O) groups excluding carboxylic acids is 1. The molecule has 4 rings (SSSR count). The van der Waals surface area contributed by atoms with Crippen molar-refractivity contribution >= 4 is 33.5 Å². The number of carbonyl (C=O) groups is 1. The number of furan rings is 1. The molecule has 0 saturated carbocycles. The molecule has 34 heavy (non-hydrogen) atoms. The Morgan fingerprint density at radius 3 is 2.38 bits per heavy atom. The Morgan fingerprint density at radius 2 is 1.76 bits per heavy atom. The SMILES string of the molecule is CCCCN(c1cc2oc(-c3ccc(F)cc3)c(C(=O)NC)c2cc1-c1ccccc1)S(C)=O. The average Bonchev–Trinajstić information content (AvgIpc) is 3.22. The minimum atomic E-state index is -1.26. The van der Waals surface area contributed by atoms with Crippen LogP contribution < -0.4 is 9.62 Å². The van der Waals surface area contributed by atoms with E-state index in [1.54, 1.807) is 25.4 Å². The molecular formula is C27H27FN2O3S. The number of anilines is 1. The Labute approximate surface area is 201 Å². The van der Waals surface area contributed by atoms with Gasteiger partial charge >= 0.3 is 0 Å². The van der Waals surface area contributed by atoms with E-state index < -0.39 is 11.0 Å². The third-order valence-corrected chi connectivity index (χ3v) is 6.75. The molecule has 0 fully saturated rings. The summed E-state index contributed by atoms with van der Waals surface area (Å²) < 4.78 is 34.4. The van der Waals surface area contributed by atoms with Gasteiger partial charge in [0.15, 0.2) is 0 Å². The summed E-state index contributed by atoms with van der Waals surface area (Å²) in [7, 11) is 0.305. The number of nitrogens with zero attached hydrogens (tertiary/aromatic N) is 1. The van der Waals surface area contributed by atoms with Gasteiger partial charge in [0.05, 0.1) is 11.3 Å². The molecule has 0 aliphatic carbocycles. The van der Waals surface area contributed by atoms with Gasteiger partial charge in [-0.25, -0.2) is 8.60 Å². The van der Waals surface area contributed by atoms with Gasteiger partial charge in [-0.15, -0.1) is 0 Å². The highest BCUT2D eigenvalue weighted by Gasteiger charge is 2.25. The molecule has 0 saturated heterocycles. The Hall–Kier alpha value is -3.45. The van der Waals surface area contributed by atoms with Gasteiger partial charge in [-0.2, -0.15) is 0 Å². The molecule has 1 heterocycles. The zero-order valence-corrected chi connectivity index (χ0v) is 20.2. The van der Waals surface area contributed by atoms with E-state index in [1.807, 2.05) is 46.8 Å². The molecule has 0 aliphatic heterocycles. The monoisotopic (exact) mass is 478 g/mol. The highest BCUT2D eigenvalue weighted by atomic mass is 32.2. The molecule has 1 aromatic heterocycles. The van der Waals surface area contributed by atoms with Crippen molar-refractivity contribution in [3.63, 3.8) is 0 Å². The highest BCUT2D eigenvalue weighted by molar-refractivity contribution is 7.85. The van der Waals surface area contributed by atoms with Crippen molar-refractivity contribution in [2.24, 2.45) is 0 Å². The molecule has 176 valence electrons. The summed E-state index contributed by atoms with van der Waals surface area (Å²) in [5.74, 6) is -0.304. The number of halogens is 1. The maximum absolute atomic E-state index is 13.5. The first-order chi connectivity index (χ1) is 16.4. The zero-order valence-electron chi connectivity index (χ0n) is 19.4. The van der Waals surface area contributed by atoms with Crippen molar-refractivity contribution in [3.8, 4) is 22.5 Å². The predicted octanol–water partition coefficient (Wildman–Crippen LogP) is 6.17. The van der Waals surface area contributed by atoms with E-state index in [0.29, 0.717) is 34.4 Å². The van der Waals surface area contributed by atoms with Crippen LogP contribution in [0.1, 0.15) is 30.1 Å². The molecule has 0 spiro atoms. The van der Waals surface area contributed by atoms with E-state index in [1.165, 1.54) is 12.1 Å². The van der Waals surface area contributed by atoms with Crippen LogP contribution in [0.4, 0.5) is 10.1 Å². The molecule has 3 aromatic carbocycles. The van der Waals surface area contributed by atoms with Crippen molar-refractivity contribution < 1.29 is 17.8 Å². The number of rotatable bonds is 8. The van der Waals surface area contributed by atoms with Crippen LogP contribution in [-0.4, -0.2) is 30.0 Å². The largest absolute Gasteiger partial charge is 0.455 e. The van der Waals surface area contributed by atoms with Crippen LogP contribution in [-0.2, 0) is 11.0 Å². The first kappa shape index (κ1) is 23.7.